The Morgan fingerprint density at radius 3 is 2.38 bits per heavy atom. The van der Waals surface area contributed by atoms with Crippen molar-refractivity contribution in [2.75, 3.05) is 19.8 Å². The zero-order valence-electron chi connectivity index (χ0n) is 13.6. The minimum atomic E-state index is -0.311. The average Bonchev–Trinajstić information content (AvgIpc) is 2.47. The van der Waals surface area contributed by atoms with Crippen molar-refractivity contribution in [3.8, 4) is 0 Å². The van der Waals surface area contributed by atoms with Crippen LogP contribution in [0.3, 0.4) is 0 Å². The largest absolute Gasteiger partial charge is 0.351 e. The molecule has 1 rings (SSSR count). The van der Waals surface area contributed by atoms with E-state index in [4.69, 9.17) is 9.47 Å². The Morgan fingerprint density at radius 2 is 1.81 bits per heavy atom. The number of nitrogens with one attached hydrogen (secondary N) is 1. The lowest BCUT2D eigenvalue weighted by molar-refractivity contribution is -0.153. The molecule has 0 saturated heterocycles. The summed E-state index contributed by atoms with van der Waals surface area (Å²) in [7, 11) is 0. The highest BCUT2D eigenvalue weighted by atomic mass is 19.1. The van der Waals surface area contributed by atoms with E-state index in [-0.39, 0.29) is 18.1 Å². The number of hydrogen-bond acceptors (Lipinski definition) is 3. The van der Waals surface area contributed by atoms with Gasteiger partial charge < -0.3 is 14.8 Å². The first-order valence-corrected chi connectivity index (χ1v) is 7.83. The minimum absolute atomic E-state index is 0.0188. The van der Waals surface area contributed by atoms with Crippen molar-refractivity contribution in [2.24, 2.45) is 0 Å². The van der Waals surface area contributed by atoms with E-state index in [0.717, 1.165) is 24.1 Å². The van der Waals surface area contributed by atoms with Gasteiger partial charge in [-0.2, -0.15) is 0 Å². The van der Waals surface area contributed by atoms with E-state index in [0.29, 0.717) is 19.6 Å². The van der Waals surface area contributed by atoms with Gasteiger partial charge in [-0.3, -0.25) is 0 Å². The van der Waals surface area contributed by atoms with Crippen LogP contribution in [0.25, 0.3) is 0 Å². The smallest absolute Gasteiger partial charge is 0.172 e. The maximum atomic E-state index is 13.5. The second-order valence-electron chi connectivity index (χ2n) is 5.11. The summed E-state index contributed by atoms with van der Waals surface area (Å²) in [6.07, 6.45) is 1.41. The van der Waals surface area contributed by atoms with Crippen LogP contribution in [0.15, 0.2) is 18.2 Å². The molecule has 4 heteroatoms. The van der Waals surface area contributed by atoms with Crippen molar-refractivity contribution in [3.63, 3.8) is 0 Å². The molecule has 1 atom stereocenters. The molecule has 0 bridgehead atoms. The van der Waals surface area contributed by atoms with E-state index in [2.05, 4.69) is 12.2 Å². The molecule has 21 heavy (non-hydrogen) atoms. The number of halogens is 1. The Bertz CT molecular complexity index is 406. The van der Waals surface area contributed by atoms with Crippen LogP contribution in [0, 0.1) is 12.7 Å². The van der Waals surface area contributed by atoms with Gasteiger partial charge in [0.1, 0.15) is 5.82 Å². The predicted molar refractivity (Wildman–Crippen MR) is 84.0 cm³/mol. The van der Waals surface area contributed by atoms with Crippen LogP contribution in [0.4, 0.5) is 4.39 Å². The van der Waals surface area contributed by atoms with Gasteiger partial charge in [0.25, 0.3) is 0 Å². The highest BCUT2D eigenvalue weighted by Crippen LogP contribution is 2.16. The summed E-state index contributed by atoms with van der Waals surface area (Å²) < 4.78 is 24.9. The van der Waals surface area contributed by atoms with Gasteiger partial charge in [-0.1, -0.05) is 13.0 Å². The lowest BCUT2D eigenvalue weighted by Gasteiger charge is -2.28. The van der Waals surface area contributed by atoms with Crippen LogP contribution < -0.4 is 5.32 Å². The number of rotatable bonds is 10. The van der Waals surface area contributed by atoms with Crippen LogP contribution in [0.1, 0.15) is 38.3 Å². The van der Waals surface area contributed by atoms with Gasteiger partial charge in [0.2, 0.25) is 0 Å². The van der Waals surface area contributed by atoms with Crippen molar-refractivity contribution in [1.82, 2.24) is 5.32 Å². The van der Waals surface area contributed by atoms with Gasteiger partial charge in [0.15, 0.2) is 6.29 Å². The molecule has 0 radical (unpaired) electrons. The van der Waals surface area contributed by atoms with Gasteiger partial charge in [0.05, 0.1) is 6.04 Å². The lowest BCUT2D eigenvalue weighted by atomic mass is 10.0. The minimum Gasteiger partial charge on any atom is -0.351 e. The molecule has 0 fully saturated rings. The fraction of sp³-hybridized carbons (Fsp3) is 0.647. The molecular weight excluding hydrogens is 269 g/mol. The molecule has 0 saturated carbocycles. The fourth-order valence-electron chi connectivity index (χ4n) is 2.30. The normalized spacial score (nSPS) is 12.9. The summed E-state index contributed by atoms with van der Waals surface area (Å²) in [5, 5.41) is 3.46. The Kier molecular flexibility index (Phi) is 8.50. The molecule has 1 aromatic rings. The zero-order chi connectivity index (χ0) is 15.7. The maximum Gasteiger partial charge on any atom is 0.172 e. The number of hydrogen-bond donors (Lipinski definition) is 1. The van der Waals surface area contributed by atoms with Gasteiger partial charge in [-0.25, -0.2) is 4.39 Å². The van der Waals surface area contributed by atoms with Crippen molar-refractivity contribution in [2.45, 2.75) is 52.9 Å². The molecule has 0 aromatic heterocycles. The predicted octanol–water partition coefficient (Wildman–Crippen LogP) is 3.44. The second kappa shape index (κ2) is 9.87. The third-order valence-corrected chi connectivity index (χ3v) is 3.40. The number of aryl methyl sites for hydroxylation is 1. The van der Waals surface area contributed by atoms with Crippen LogP contribution in [0.2, 0.25) is 0 Å². The molecule has 1 N–H and O–H groups in total. The molecule has 0 aliphatic heterocycles. The van der Waals surface area contributed by atoms with E-state index in [1.807, 2.05) is 26.8 Å². The third-order valence-electron chi connectivity index (χ3n) is 3.40. The highest BCUT2D eigenvalue weighted by molar-refractivity contribution is 5.27. The Labute approximate surface area is 127 Å². The Balaban J connectivity index is 2.86. The molecule has 0 aliphatic carbocycles. The first-order chi connectivity index (χ1) is 10.1. The molecule has 3 nitrogen and oxygen atoms in total. The van der Waals surface area contributed by atoms with Gasteiger partial charge in [-0.05, 0) is 63.4 Å². The molecule has 1 unspecified atom stereocenters. The Morgan fingerprint density at radius 1 is 1.14 bits per heavy atom. The van der Waals surface area contributed by atoms with Crippen molar-refractivity contribution in [3.05, 3.63) is 35.1 Å². The fourth-order valence-corrected chi connectivity index (χ4v) is 2.30. The van der Waals surface area contributed by atoms with Crippen molar-refractivity contribution < 1.29 is 13.9 Å². The monoisotopic (exact) mass is 297 g/mol. The van der Waals surface area contributed by atoms with Crippen LogP contribution in [-0.2, 0) is 15.9 Å². The summed E-state index contributed by atoms with van der Waals surface area (Å²) in [5.74, 6) is -0.200. The van der Waals surface area contributed by atoms with Gasteiger partial charge >= 0.3 is 0 Å². The molecule has 120 valence electrons. The van der Waals surface area contributed by atoms with E-state index < -0.39 is 0 Å². The summed E-state index contributed by atoms with van der Waals surface area (Å²) in [5.41, 5.74) is 2.08. The van der Waals surface area contributed by atoms with Gasteiger partial charge in [-0.15, -0.1) is 0 Å². The summed E-state index contributed by atoms with van der Waals surface area (Å²) in [6, 6.07) is 4.93. The zero-order valence-corrected chi connectivity index (χ0v) is 13.6. The molecular formula is C17H28FNO2. The number of benzene rings is 1. The third kappa shape index (κ3) is 6.12. The maximum absolute atomic E-state index is 13.5. The summed E-state index contributed by atoms with van der Waals surface area (Å²) in [6.45, 7) is 10.1. The van der Waals surface area contributed by atoms with E-state index in [1.165, 1.54) is 6.07 Å². The second-order valence-corrected chi connectivity index (χ2v) is 5.11. The van der Waals surface area contributed by atoms with Gasteiger partial charge in [0, 0.05) is 13.2 Å². The highest BCUT2D eigenvalue weighted by Gasteiger charge is 2.23. The quantitative estimate of drug-likeness (QED) is 0.671. The van der Waals surface area contributed by atoms with E-state index in [1.54, 1.807) is 6.07 Å². The lowest BCUT2D eigenvalue weighted by Crippen LogP contribution is -2.45. The van der Waals surface area contributed by atoms with Crippen LogP contribution in [-0.4, -0.2) is 32.1 Å². The summed E-state index contributed by atoms with van der Waals surface area (Å²) in [4.78, 5) is 0. The molecule has 0 heterocycles. The van der Waals surface area contributed by atoms with E-state index >= 15 is 0 Å². The first kappa shape index (κ1) is 18.1. The first-order valence-electron chi connectivity index (χ1n) is 7.83. The molecule has 1 aromatic carbocycles. The summed E-state index contributed by atoms with van der Waals surface area (Å²) >= 11 is 0. The number of ether oxygens (including phenoxy) is 2. The van der Waals surface area contributed by atoms with Crippen LogP contribution >= 0.6 is 0 Å². The Hall–Kier alpha value is -0.970. The van der Waals surface area contributed by atoms with Crippen molar-refractivity contribution in [1.29, 1.82) is 0 Å². The van der Waals surface area contributed by atoms with E-state index in [9.17, 15) is 4.39 Å². The van der Waals surface area contributed by atoms with Crippen molar-refractivity contribution >= 4 is 0 Å². The van der Waals surface area contributed by atoms with Crippen LogP contribution in [0.5, 0.6) is 0 Å². The average molecular weight is 297 g/mol. The molecule has 0 spiro atoms. The SMILES string of the molecule is CCCNC(Cc1cc(F)ccc1C)C(OCC)OCC. The molecule has 0 amide bonds. The standard InChI is InChI=1S/C17H28FNO2/c1-5-10-19-16(17(20-6-2)21-7-3)12-14-11-15(18)9-8-13(14)4/h8-9,11,16-17,19H,5-7,10,12H2,1-4H3. The topological polar surface area (TPSA) is 30.5 Å². The molecule has 0 aliphatic rings.